The standard InChI is InChI=1S/C14H20O4/c1-11(15)13-7-6-12(17-3)10-14(13)18-9-5-4-8-16-2/h6-7,10H,4-5,8-9H2,1-3H3. The van der Waals surface area contributed by atoms with E-state index in [1.165, 1.54) is 6.92 Å². The molecule has 1 aromatic carbocycles. The monoisotopic (exact) mass is 252 g/mol. The summed E-state index contributed by atoms with van der Waals surface area (Å²) in [5.41, 5.74) is 0.586. The molecule has 0 aliphatic carbocycles. The molecular weight excluding hydrogens is 232 g/mol. The van der Waals surface area contributed by atoms with E-state index in [1.807, 2.05) is 0 Å². The zero-order valence-corrected chi connectivity index (χ0v) is 11.2. The van der Waals surface area contributed by atoms with Crippen LogP contribution >= 0.6 is 0 Å². The molecule has 4 nitrogen and oxygen atoms in total. The maximum Gasteiger partial charge on any atom is 0.163 e. The van der Waals surface area contributed by atoms with Gasteiger partial charge in [-0.2, -0.15) is 0 Å². The summed E-state index contributed by atoms with van der Waals surface area (Å²) in [6, 6.07) is 5.23. The number of ketones is 1. The van der Waals surface area contributed by atoms with Gasteiger partial charge in [-0.05, 0) is 31.9 Å². The molecule has 0 fully saturated rings. The Bertz CT molecular complexity index is 387. The van der Waals surface area contributed by atoms with Crippen molar-refractivity contribution in [3.63, 3.8) is 0 Å². The number of hydrogen-bond donors (Lipinski definition) is 0. The first-order valence-electron chi connectivity index (χ1n) is 5.99. The molecule has 0 aliphatic heterocycles. The van der Waals surface area contributed by atoms with Crippen LogP contribution in [-0.2, 0) is 4.74 Å². The van der Waals surface area contributed by atoms with Crippen LogP contribution in [0, 0.1) is 0 Å². The van der Waals surface area contributed by atoms with Crippen molar-refractivity contribution < 1.29 is 19.0 Å². The topological polar surface area (TPSA) is 44.8 Å². The Morgan fingerprint density at radius 1 is 1.17 bits per heavy atom. The number of hydrogen-bond acceptors (Lipinski definition) is 4. The molecule has 0 saturated carbocycles. The molecule has 1 rings (SSSR count). The SMILES string of the molecule is COCCCCOc1cc(OC)ccc1C(C)=O. The van der Waals surface area contributed by atoms with Crippen molar-refractivity contribution in [1.82, 2.24) is 0 Å². The Labute approximate surface area is 108 Å². The van der Waals surface area contributed by atoms with E-state index in [9.17, 15) is 4.79 Å². The van der Waals surface area contributed by atoms with Gasteiger partial charge in [0.1, 0.15) is 11.5 Å². The highest BCUT2D eigenvalue weighted by Crippen LogP contribution is 2.25. The number of ether oxygens (including phenoxy) is 3. The van der Waals surface area contributed by atoms with Gasteiger partial charge in [0, 0.05) is 19.8 Å². The van der Waals surface area contributed by atoms with Crippen LogP contribution in [0.25, 0.3) is 0 Å². The molecule has 0 heterocycles. The summed E-state index contributed by atoms with van der Waals surface area (Å²) in [4.78, 5) is 11.5. The molecule has 0 N–H and O–H groups in total. The third-order valence-electron chi connectivity index (χ3n) is 2.57. The molecule has 1 aromatic rings. The fourth-order valence-electron chi connectivity index (χ4n) is 1.57. The van der Waals surface area contributed by atoms with Crippen molar-refractivity contribution in [2.45, 2.75) is 19.8 Å². The minimum atomic E-state index is -0.00968. The minimum Gasteiger partial charge on any atom is -0.497 e. The second-order valence-corrected chi connectivity index (χ2v) is 3.97. The fourth-order valence-corrected chi connectivity index (χ4v) is 1.57. The van der Waals surface area contributed by atoms with Crippen LogP contribution in [0.15, 0.2) is 18.2 Å². The Kier molecular flexibility index (Phi) is 6.22. The second kappa shape index (κ2) is 7.71. The van der Waals surface area contributed by atoms with Crippen molar-refractivity contribution in [2.24, 2.45) is 0 Å². The summed E-state index contributed by atoms with van der Waals surface area (Å²) in [5.74, 6) is 1.26. The summed E-state index contributed by atoms with van der Waals surface area (Å²) in [5, 5.41) is 0. The van der Waals surface area contributed by atoms with E-state index in [-0.39, 0.29) is 5.78 Å². The summed E-state index contributed by atoms with van der Waals surface area (Å²) in [6.45, 7) is 2.82. The van der Waals surface area contributed by atoms with Gasteiger partial charge in [0.25, 0.3) is 0 Å². The molecule has 0 saturated heterocycles. The summed E-state index contributed by atoms with van der Waals surface area (Å²) in [7, 11) is 3.27. The lowest BCUT2D eigenvalue weighted by molar-refractivity contribution is 0.101. The van der Waals surface area contributed by atoms with Crippen molar-refractivity contribution in [3.8, 4) is 11.5 Å². The lowest BCUT2D eigenvalue weighted by Gasteiger charge is -2.11. The van der Waals surface area contributed by atoms with Gasteiger partial charge in [-0.1, -0.05) is 0 Å². The Morgan fingerprint density at radius 2 is 1.89 bits per heavy atom. The number of rotatable bonds is 8. The number of unbranched alkanes of at least 4 members (excludes halogenated alkanes) is 1. The number of carbonyl (C=O) groups is 1. The first kappa shape index (κ1) is 14.5. The zero-order chi connectivity index (χ0) is 13.4. The van der Waals surface area contributed by atoms with E-state index in [2.05, 4.69) is 0 Å². The highest BCUT2D eigenvalue weighted by molar-refractivity contribution is 5.97. The van der Waals surface area contributed by atoms with Gasteiger partial charge in [0.15, 0.2) is 5.78 Å². The van der Waals surface area contributed by atoms with E-state index >= 15 is 0 Å². The Morgan fingerprint density at radius 3 is 2.50 bits per heavy atom. The molecule has 18 heavy (non-hydrogen) atoms. The molecule has 0 aromatic heterocycles. The van der Waals surface area contributed by atoms with E-state index in [1.54, 1.807) is 32.4 Å². The van der Waals surface area contributed by atoms with Crippen LogP contribution in [0.2, 0.25) is 0 Å². The van der Waals surface area contributed by atoms with Crippen molar-refractivity contribution in [3.05, 3.63) is 23.8 Å². The summed E-state index contributed by atoms with van der Waals surface area (Å²) < 4.78 is 15.7. The molecule has 0 radical (unpaired) electrons. The van der Waals surface area contributed by atoms with Gasteiger partial charge < -0.3 is 14.2 Å². The fraction of sp³-hybridized carbons (Fsp3) is 0.500. The molecule has 0 atom stereocenters. The third kappa shape index (κ3) is 4.37. The number of carbonyl (C=O) groups excluding carboxylic acids is 1. The summed E-state index contributed by atoms with van der Waals surface area (Å²) in [6.07, 6.45) is 1.83. The average molecular weight is 252 g/mol. The first-order chi connectivity index (χ1) is 8.69. The number of benzene rings is 1. The summed E-state index contributed by atoms with van der Waals surface area (Å²) >= 11 is 0. The van der Waals surface area contributed by atoms with E-state index in [0.29, 0.717) is 23.7 Å². The van der Waals surface area contributed by atoms with Crippen LogP contribution in [0.4, 0.5) is 0 Å². The predicted molar refractivity (Wildman–Crippen MR) is 69.6 cm³/mol. The average Bonchev–Trinajstić information content (AvgIpc) is 2.38. The van der Waals surface area contributed by atoms with Gasteiger partial charge in [0.2, 0.25) is 0 Å². The minimum absolute atomic E-state index is 0.00968. The molecule has 0 aliphatic rings. The van der Waals surface area contributed by atoms with Gasteiger partial charge in [-0.25, -0.2) is 0 Å². The smallest absolute Gasteiger partial charge is 0.163 e. The predicted octanol–water partition coefficient (Wildman–Crippen LogP) is 2.70. The normalized spacial score (nSPS) is 10.2. The van der Waals surface area contributed by atoms with E-state index < -0.39 is 0 Å². The highest BCUT2D eigenvalue weighted by atomic mass is 16.5. The van der Waals surface area contributed by atoms with Crippen molar-refractivity contribution in [1.29, 1.82) is 0 Å². The molecule has 100 valence electrons. The number of methoxy groups -OCH3 is 2. The van der Waals surface area contributed by atoms with Crippen LogP contribution in [0.5, 0.6) is 11.5 Å². The molecule has 0 unspecified atom stereocenters. The van der Waals surface area contributed by atoms with Gasteiger partial charge in [-0.3, -0.25) is 4.79 Å². The zero-order valence-electron chi connectivity index (χ0n) is 11.2. The lowest BCUT2D eigenvalue weighted by Crippen LogP contribution is -2.04. The quantitative estimate of drug-likeness (QED) is 0.527. The molecule has 4 heteroatoms. The molecule has 0 amide bonds. The highest BCUT2D eigenvalue weighted by Gasteiger charge is 2.09. The van der Waals surface area contributed by atoms with Gasteiger partial charge in [0.05, 0.1) is 19.3 Å². The first-order valence-corrected chi connectivity index (χ1v) is 5.99. The molecular formula is C14H20O4. The van der Waals surface area contributed by atoms with E-state index in [0.717, 1.165) is 19.4 Å². The Balaban J connectivity index is 2.63. The van der Waals surface area contributed by atoms with Crippen LogP contribution in [0.3, 0.4) is 0 Å². The third-order valence-corrected chi connectivity index (χ3v) is 2.57. The van der Waals surface area contributed by atoms with Crippen molar-refractivity contribution >= 4 is 5.78 Å². The number of Topliss-reactive ketones (excluding diaryl/α,β-unsaturated/α-hetero) is 1. The van der Waals surface area contributed by atoms with Crippen molar-refractivity contribution in [2.75, 3.05) is 27.4 Å². The maximum atomic E-state index is 11.5. The second-order valence-electron chi connectivity index (χ2n) is 3.97. The largest absolute Gasteiger partial charge is 0.497 e. The van der Waals surface area contributed by atoms with Crippen LogP contribution in [-0.4, -0.2) is 33.2 Å². The van der Waals surface area contributed by atoms with E-state index in [4.69, 9.17) is 14.2 Å². The van der Waals surface area contributed by atoms with Gasteiger partial charge >= 0.3 is 0 Å². The van der Waals surface area contributed by atoms with Crippen LogP contribution < -0.4 is 9.47 Å². The molecule has 0 spiro atoms. The molecule has 0 bridgehead atoms. The van der Waals surface area contributed by atoms with Gasteiger partial charge in [-0.15, -0.1) is 0 Å². The van der Waals surface area contributed by atoms with Crippen LogP contribution in [0.1, 0.15) is 30.1 Å². The lowest BCUT2D eigenvalue weighted by atomic mass is 10.1. The maximum absolute atomic E-state index is 11.5. The Hall–Kier alpha value is -1.55.